The molecule has 2 bridgehead atoms. The van der Waals surface area contributed by atoms with Crippen LogP contribution in [0.25, 0.3) is 11.1 Å². The van der Waals surface area contributed by atoms with Crippen molar-refractivity contribution in [2.45, 2.75) is 18.9 Å². The fourth-order valence-electron chi connectivity index (χ4n) is 4.02. The van der Waals surface area contributed by atoms with Gasteiger partial charge in [0.05, 0.1) is 18.1 Å². The maximum Gasteiger partial charge on any atom is 0.229 e. The number of rotatable bonds is 5. The number of hydrogen-bond donors (Lipinski definition) is 2. The summed E-state index contributed by atoms with van der Waals surface area (Å²) in [7, 11) is -3.34. The molecule has 1 aliphatic carbocycles. The van der Waals surface area contributed by atoms with Gasteiger partial charge in [0.25, 0.3) is 0 Å². The zero-order valence-corrected chi connectivity index (χ0v) is 15.5. The van der Waals surface area contributed by atoms with Crippen molar-refractivity contribution in [3.63, 3.8) is 0 Å². The minimum atomic E-state index is -3.34. The van der Waals surface area contributed by atoms with Crippen LogP contribution in [-0.2, 0) is 10.0 Å². The van der Waals surface area contributed by atoms with Gasteiger partial charge >= 0.3 is 0 Å². The Morgan fingerprint density at radius 1 is 1.19 bits per heavy atom. The summed E-state index contributed by atoms with van der Waals surface area (Å²) in [6.07, 6.45) is 6.89. The smallest absolute Gasteiger partial charge is 0.229 e. The minimum Gasteiger partial charge on any atom is -0.489 e. The second kappa shape index (κ2) is 6.89. The molecule has 2 aliphatic rings. The van der Waals surface area contributed by atoms with Gasteiger partial charge in [-0.3, -0.25) is 9.71 Å². The van der Waals surface area contributed by atoms with Gasteiger partial charge in [0.2, 0.25) is 10.0 Å². The molecule has 6 nitrogen and oxygen atoms in total. The number of piperidine rings is 1. The normalized spacial score (nSPS) is 25.0. The number of hydrogen-bond acceptors (Lipinski definition) is 5. The van der Waals surface area contributed by atoms with Crippen LogP contribution in [0.5, 0.6) is 5.75 Å². The van der Waals surface area contributed by atoms with Crippen LogP contribution in [0.1, 0.15) is 12.8 Å². The third-order valence-corrected chi connectivity index (χ3v) is 5.69. The van der Waals surface area contributed by atoms with Gasteiger partial charge in [-0.15, -0.1) is 0 Å². The average molecular weight is 373 g/mol. The molecule has 2 aromatic rings. The second-order valence-electron chi connectivity index (χ2n) is 7.24. The van der Waals surface area contributed by atoms with Gasteiger partial charge in [-0.25, -0.2) is 8.42 Å². The van der Waals surface area contributed by atoms with Crippen LogP contribution in [-0.4, -0.2) is 38.9 Å². The molecule has 2 N–H and O–H groups in total. The molecule has 1 aromatic carbocycles. The Hall–Kier alpha value is -2.12. The first-order valence-corrected chi connectivity index (χ1v) is 10.8. The third kappa shape index (κ3) is 3.83. The van der Waals surface area contributed by atoms with E-state index in [1.54, 1.807) is 12.3 Å². The molecule has 1 aliphatic heterocycles. The first-order chi connectivity index (χ1) is 12.5. The largest absolute Gasteiger partial charge is 0.489 e. The number of pyridine rings is 1. The molecule has 1 aromatic heterocycles. The minimum absolute atomic E-state index is 0.224. The highest BCUT2D eigenvalue weighted by Crippen LogP contribution is 2.39. The van der Waals surface area contributed by atoms with Gasteiger partial charge in [-0.1, -0.05) is 18.2 Å². The van der Waals surface area contributed by atoms with Crippen molar-refractivity contribution in [3.8, 4) is 16.9 Å². The van der Waals surface area contributed by atoms with E-state index in [1.807, 2.05) is 24.3 Å². The van der Waals surface area contributed by atoms with Crippen LogP contribution < -0.4 is 14.8 Å². The summed E-state index contributed by atoms with van der Waals surface area (Å²) in [6.45, 7) is 2.10. The van der Waals surface area contributed by atoms with E-state index >= 15 is 0 Å². The van der Waals surface area contributed by atoms with Crippen LogP contribution in [0, 0.1) is 11.8 Å². The Morgan fingerprint density at radius 3 is 2.85 bits per heavy atom. The molecule has 0 unspecified atom stereocenters. The Kier molecular flexibility index (Phi) is 4.58. The lowest BCUT2D eigenvalue weighted by molar-refractivity contribution is 0.161. The molecule has 4 rings (SSSR count). The summed E-state index contributed by atoms with van der Waals surface area (Å²) in [5, 5.41) is 3.48. The van der Waals surface area contributed by atoms with E-state index in [0.29, 0.717) is 17.5 Å². The molecule has 2 heterocycles. The van der Waals surface area contributed by atoms with Crippen molar-refractivity contribution < 1.29 is 13.2 Å². The Labute approximate surface area is 154 Å². The van der Waals surface area contributed by atoms with E-state index in [2.05, 4.69) is 15.0 Å². The van der Waals surface area contributed by atoms with E-state index in [-0.39, 0.29) is 6.10 Å². The van der Waals surface area contributed by atoms with Crippen molar-refractivity contribution in [3.05, 3.63) is 42.7 Å². The highest BCUT2D eigenvalue weighted by atomic mass is 32.2. The number of ether oxygens (including phenoxy) is 1. The van der Waals surface area contributed by atoms with Crippen molar-refractivity contribution >= 4 is 15.7 Å². The van der Waals surface area contributed by atoms with Gasteiger partial charge < -0.3 is 10.1 Å². The predicted octanol–water partition coefficient (Wildman–Crippen LogP) is 2.50. The molecular weight excluding hydrogens is 350 g/mol. The summed E-state index contributed by atoms with van der Waals surface area (Å²) < 4.78 is 31.8. The van der Waals surface area contributed by atoms with Crippen LogP contribution >= 0.6 is 0 Å². The Bertz CT molecular complexity index is 900. The Morgan fingerprint density at radius 2 is 2.04 bits per heavy atom. The summed E-state index contributed by atoms with van der Waals surface area (Å²) in [4.78, 5) is 4.18. The lowest BCUT2D eigenvalue weighted by atomic mass is 10.0. The first-order valence-electron chi connectivity index (χ1n) is 8.87. The summed E-state index contributed by atoms with van der Waals surface area (Å²) >= 11 is 0. The summed E-state index contributed by atoms with van der Waals surface area (Å²) in [6, 6.07) is 9.65. The van der Waals surface area contributed by atoms with E-state index in [1.165, 1.54) is 12.6 Å². The molecule has 1 saturated carbocycles. The Balaban J connectivity index is 1.61. The maximum absolute atomic E-state index is 11.5. The van der Waals surface area contributed by atoms with E-state index in [4.69, 9.17) is 4.74 Å². The van der Waals surface area contributed by atoms with Gasteiger partial charge in [0.15, 0.2) is 0 Å². The number of nitrogens with one attached hydrogen (secondary N) is 2. The van der Waals surface area contributed by atoms with Gasteiger partial charge in [0, 0.05) is 29.8 Å². The highest BCUT2D eigenvalue weighted by molar-refractivity contribution is 7.92. The zero-order chi connectivity index (χ0) is 18.1. The number of benzene rings is 1. The molecule has 7 heteroatoms. The molecule has 1 saturated heterocycles. The lowest BCUT2D eigenvalue weighted by Gasteiger charge is -2.23. The molecule has 3 atom stereocenters. The monoisotopic (exact) mass is 373 g/mol. The number of para-hydroxylation sites is 1. The SMILES string of the molecule is CS(=O)(=O)Nc1cncc(-c2ccccc2O[C@H]2C[C@@H]3CNC[C@H]2C3)c1. The number of fused-ring (bicyclic) bond motifs is 2. The predicted molar refractivity (Wildman–Crippen MR) is 102 cm³/mol. The lowest BCUT2D eigenvalue weighted by Crippen LogP contribution is -2.34. The molecule has 2 fully saturated rings. The maximum atomic E-state index is 11.5. The van der Waals surface area contributed by atoms with E-state index in [0.717, 1.165) is 42.6 Å². The fraction of sp³-hybridized carbons (Fsp3) is 0.421. The summed E-state index contributed by atoms with van der Waals surface area (Å²) in [5.41, 5.74) is 2.20. The topological polar surface area (TPSA) is 80.3 Å². The van der Waals surface area contributed by atoms with Gasteiger partial charge in [-0.2, -0.15) is 0 Å². The fourth-order valence-corrected chi connectivity index (χ4v) is 4.56. The standard InChI is InChI=1S/C19H23N3O3S/c1-26(23,24)22-16-8-14(10-21-12-16)17-4-2-3-5-18(17)25-19-7-13-6-15(19)11-20-9-13/h2-5,8,10,12-13,15,19-20,22H,6-7,9,11H2,1H3/t13-,15-,19+/m1/s1. The van der Waals surface area contributed by atoms with Crippen LogP contribution in [0.4, 0.5) is 5.69 Å². The second-order valence-corrected chi connectivity index (χ2v) is 8.99. The third-order valence-electron chi connectivity index (χ3n) is 5.08. The highest BCUT2D eigenvalue weighted by Gasteiger charge is 2.38. The number of nitrogens with zero attached hydrogens (tertiary/aromatic N) is 1. The zero-order valence-electron chi connectivity index (χ0n) is 14.7. The van der Waals surface area contributed by atoms with Crippen LogP contribution in [0.15, 0.2) is 42.7 Å². The first kappa shape index (κ1) is 17.3. The van der Waals surface area contributed by atoms with Crippen molar-refractivity contribution in [2.75, 3.05) is 24.1 Å². The van der Waals surface area contributed by atoms with Crippen molar-refractivity contribution in [1.82, 2.24) is 10.3 Å². The van der Waals surface area contributed by atoms with Crippen molar-refractivity contribution in [2.24, 2.45) is 11.8 Å². The molecule has 26 heavy (non-hydrogen) atoms. The molecule has 0 spiro atoms. The van der Waals surface area contributed by atoms with Crippen molar-refractivity contribution in [1.29, 1.82) is 0 Å². The molecule has 138 valence electrons. The van der Waals surface area contributed by atoms with Gasteiger partial charge in [-0.05, 0) is 37.4 Å². The quantitative estimate of drug-likeness (QED) is 0.842. The average Bonchev–Trinajstić information content (AvgIpc) is 2.87. The molecule has 0 radical (unpaired) electrons. The number of anilines is 1. The number of aromatic nitrogens is 1. The van der Waals surface area contributed by atoms with Crippen LogP contribution in [0.2, 0.25) is 0 Å². The van der Waals surface area contributed by atoms with Gasteiger partial charge in [0.1, 0.15) is 11.9 Å². The number of sulfonamides is 1. The van der Waals surface area contributed by atoms with E-state index < -0.39 is 10.0 Å². The summed E-state index contributed by atoms with van der Waals surface area (Å²) in [5.74, 6) is 2.08. The molecule has 0 amide bonds. The molecular formula is C19H23N3O3S. The van der Waals surface area contributed by atoms with Crippen LogP contribution in [0.3, 0.4) is 0 Å². The van der Waals surface area contributed by atoms with E-state index in [9.17, 15) is 8.42 Å².